The molecule has 0 radical (unpaired) electrons. The molecule has 1 N–H and O–H groups in total. The SMILES string of the molecule is C=C/C(=C\C=C(/C)OC1C[C@@H]2CN(C(=O)n3ccc(C(=O)O)n3)C[C@@H]2C1)c1ccccc1. The largest absolute Gasteiger partial charge is 0.495 e. The molecule has 2 heterocycles. The Kier molecular flexibility index (Phi) is 6.25. The van der Waals surface area contributed by atoms with Gasteiger partial charge < -0.3 is 14.7 Å². The predicted octanol–water partition coefficient (Wildman–Crippen LogP) is 4.45. The Morgan fingerprint density at radius 3 is 2.41 bits per heavy atom. The molecule has 1 aliphatic carbocycles. The first-order valence-electron chi connectivity index (χ1n) is 10.8. The first-order valence-corrected chi connectivity index (χ1v) is 10.8. The molecule has 166 valence electrons. The van der Waals surface area contributed by atoms with Gasteiger partial charge in [0, 0.05) is 19.3 Å². The lowest BCUT2D eigenvalue weighted by Gasteiger charge is -2.20. The number of nitrogens with zero attached hydrogens (tertiary/aromatic N) is 3. The molecule has 32 heavy (non-hydrogen) atoms. The third kappa shape index (κ3) is 4.66. The van der Waals surface area contributed by atoms with E-state index in [4.69, 9.17) is 9.84 Å². The summed E-state index contributed by atoms with van der Waals surface area (Å²) in [6.07, 6.45) is 9.17. The van der Waals surface area contributed by atoms with Crippen LogP contribution in [0.25, 0.3) is 5.57 Å². The Labute approximate surface area is 187 Å². The van der Waals surface area contributed by atoms with Crippen LogP contribution in [0.1, 0.15) is 35.8 Å². The molecule has 3 atom stereocenters. The number of carboxylic acids is 1. The summed E-state index contributed by atoms with van der Waals surface area (Å²) >= 11 is 0. The van der Waals surface area contributed by atoms with Crippen molar-refractivity contribution in [2.24, 2.45) is 11.8 Å². The number of likely N-dealkylation sites (tertiary alicyclic amines) is 1. The summed E-state index contributed by atoms with van der Waals surface area (Å²) in [6, 6.07) is 11.2. The van der Waals surface area contributed by atoms with E-state index in [-0.39, 0.29) is 17.8 Å². The number of ether oxygens (including phenoxy) is 1. The van der Waals surface area contributed by atoms with Crippen LogP contribution in [-0.2, 0) is 4.74 Å². The highest BCUT2D eigenvalue weighted by atomic mass is 16.5. The fourth-order valence-corrected chi connectivity index (χ4v) is 4.61. The van der Waals surface area contributed by atoms with E-state index in [0.717, 1.165) is 34.4 Å². The highest BCUT2D eigenvalue weighted by Crippen LogP contribution is 2.40. The number of aromatic carboxylic acids is 1. The van der Waals surface area contributed by atoms with Crippen molar-refractivity contribution in [3.8, 4) is 0 Å². The van der Waals surface area contributed by atoms with Crippen LogP contribution in [0.2, 0.25) is 0 Å². The van der Waals surface area contributed by atoms with Crippen molar-refractivity contribution >= 4 is 17.6 Å². The maximum absolute atomic E-state index is 12.6. The number of aromatic nitrogens is 2. The van der Waals surface area contributed by atoms with Gasteiger partial charge in [0.15, 0.2) is 5.69 Å². The van der Waals surface area contributed by atoms with Crippen LogP contribution >= 0.6 is 0 Å². The summed E-state index contributed by atoms with van der Waals surface area (Å²) in [7, 11) is 0. The van der Waals surface area contributed by atoms with Gasteiger partial charge in [-0.2, -0.15) is 9.78 Å². The van der Waals surface area contributed by atoms with Crippen LogP contribution in [0.15, 0.2) is 73.2 Å². The maximum atomic E-state index is 12.6. The van der Waals surface area contributed by atoms with Gasteiger partial charge in [-0.1, -0.05) is 49.1 Å². The molecule has 1 unspecified atom stereocenters. The topological polar surface area (TPSA) is 84.7 Å². The zero-order chi connectivity index (χ0) is 22.7. The van der Waals surface area contributed by atoms with Gasteiger partial charge in [-0.05, 0) is 54.9 Å². The summed E-state index contributed by atoms with van der Waals surface area (Å²) < 4.78 is 7.30. The third-order valence-electron chi connectivity index (χ3n) is 6.16. The van der Waals surface area contributed by atoms with Crippen molar-refractivity contribution in [3.05, 3.63) is 84.4 Å². The Hall–Kier alpha value is -3.61. The summed E-state index contributed by atoms with van der Waals surface area (Å²) in [5.41, 5.74) is 2.02. The van der Waals surface area contributed by atoms with Crippen molar-refractivity contribution in [2.45, 2.75) is 25.9 Å². The molecule has 1 saturated heterocycles. The first kappa shape index (κ1) is 21.6. The average Bonchev–Trinajstić information content (AvgIpc) is 3.49. The summed E-state index contributed by atoms with van der Waals surface area (Å²) in [5, 5.41) is 12.8. The minimum Gasteiger partial charge on any atom is -0.495 e. The Morgan fingerprint density at radius 2 is 1.81 bits per heavy atom. The van der Waals surface area contributed by atoms with Gasteiger partial charge in [-0.15, -0.1) is 0 Å². The van der Waals surface area contributed by atoms with Gasteiger partial charge >= 0.3 is 12.0 Å². The number of hydrogen-bond donors (Lipinski definition) is 1. The molecule has 7 nitrogen and oxygen atoms in total. The zero-order valence-electron chi connectivity index (χ0n) is 18.1. The number of carbonyl (C=O) groups is 2. The molecule has 2 aromatic rings. The summed E-state index contributed by atoms with van der Waals surface area (Å²) in [4.78, 5) is 25.4. The monoisotopic (exact) mass is 433 g/mol. The molecule has 1 saturated carbocycles. The second-order valence-corrected chi connectivity index (χ2v) is 8.34. The van der Waals surface area contributed by atoms with E-state index in [9.17, 15) is 9.59 Å². The first-order chi connectivity index (χ1) is 15.4. The fourth-order valence-electron chi connectivity index (χ4n) is 4.61. The van der Waals surface area contributed by atoms with E-state index in [2.05, 4.69) is 23.8 Å². The second kappa shape index (κ2) is 9.26. The number of carboxylic acid groups (broad SMARTS) is 1. The number of fused-ring (bicyclic) bond motifs is 1. The number of amides is 1. The quantitative estimate of drug-likeness (QED) is 0.537. The van der Waals surface area contributed by atoms with Crippen molar-refractivity contribution in [3.63, 3.8) is 0 Å². The van der Waals surface area contributed by atoms with E-state index >= 15 is 0 Å². The number of benzene rings is 1. The molecule has 0 spiro atoms. The van der Waals surface area contributed by atoms with Crippen molar-refractivity contribution in [2.75, 3.05) is 13.1 Å². The van der Waals surface area contributed by atoms with Crippen LogP contribution < -0.4 is 0 Å². The molecule has 1 aromatic heterocycles. The van der Waals surface area contributed by atoms with Gasteiger partial charge in [0.1, 0.15) is 0 Å². The molecular weight excluding hydrogens is 406 g/mol. The summed E-state index contributed by atoms with van der Waals surface area (Å²) in [5.74, 6) is 0.484. The van der Waals surface area contributed by atoms with Gasteiger partial charge in [-0.3, -0.25) is 0 Å². The smallest absolute Gasteiger partial charge is 0.356 e. The molecule has 1 aromatic carbocycles. The lowest BCUT2D eigenvalue weighted by atomic mass is 10.0. The zero-order valence-corrected chi connectivity index (χ0v) is 18.1. The minimum atomic E-state index is -1.14. The molecule has 7 heteroatoms. The lowest BCUT2D eigenvalue weighted by molar-refractivity contribution is 0.0689. The number of allylic oxidation sites excluding steroid dienone is 5. The lowest BCUT2D eigenvalue weighted by Crippen LogP contribution is -2.34. The van der Waals surface area contributed by atoms with E-state index in [1.807, 2.05) is 43.4 Å². The molecule has 0 bridgehead atoms. The van der Waals surface area contributed by atoms with Crippen LogP contribution in [0.4, 0.5) is 4.79 Å². The van der Waals surface area contributed by atoms with Crippen molar-refractivity contribution < 1.29 is 19.4 Å². The average molecular weight is 434 g/mol. The van der Waals surface area contributed by atoms with Crippen LogP contribution in [0.5, 0.6) is 0 Å². The van der Waals surface area contributed by atoms with Crippen LogP contribution in [-0.4, -0.2) is 51.0 Å². The highest BCUT2D eigenvalue weighted by molar-refractivity contribution is 5.86. The third-order valence-corrected chi connectivity index (χ3v) is 6.16. The maximum Gasteiger partial charge on any atom is 0.356 e. The van der Waals surface area contributed by atoms with Gasteiger partial charge in [-0.25, -0.2) is 9.59 Å². The standard InChI is InChI=1S/C25H27N3O4/c1-3-18(19-7-5-4-6-8-19)10-9-17(2)32-22-13-20-15-27(16-21(20)14-22)25(31)28-12-11-23(26-28)24(29)30/h3-12,20-22H,1,13-16H2,2H3,(H,29,30)/b17-9+,18-10+/t20-,21+,22?. The van der Waals surface area contributed by atoms with E-state index in [1.165, 1.54) is 12.3 Å². The summed E-state index contributed by atoms with van der Waals surface area (Å²) in [6.45, 7) is 7.15. The van der Waals surface area contributed by atoms with Crippen molar-refractivity contribution in [1.29, 1.82) is 0 Å². The molecular formula is C25H27N3O4. The Bertz CT molecular complexity index is 1060. The van der Waals surface area contributed by atoms with Crippen LogP contribution in [0, 0.1) is 11.8 Å². The second-order valence-electron chi connectivity index (χ2n) is 8.34. The van der Waals surface area contributed by atoms with E-state index < -0.39 is 5.97 Å². The number of carbonyl (C=O) groups excluding carboxylic acids is 1. The van der Waals surface area contributed by atoms with Crippen molar-refractivity contribution in [1.82, 2.24) is 14.7 Å². The van der Waals surface area contributed by atoms with E-state index in [0.29, 0.717) is 24.9 Å². The molecule has 2 aliphatic rings. The fraction of sp³-hybridized carbons (Fsp3) is 0.320. The highest BCUT2D eigenvalue weighted by Gasteiger charge is 2.43. The molecule has 4 rings (SSSR count). The minimum absolute atomic E-state index is 0.130. The molecule has 2 fully saturated rings. The Balaban J connectivity index is 1.32. The van der Waals surface area contributed by atoms with Gasteiger partial charge in [0.25, 0.3) is 0 Å². The predicted molar refractivity (Wildman–Crippen MR) is 121 cm³/mol. The van der Waals surface area contributed by atoms with Gasteiger partial charge in [0.2, 0.25) is 0 Å². The normalized spacial score (nSPS) is 23.2. The van der Waals surface area contributed by atoms with Crippen LogP contribution in [0.3, 0.4) is 0 Å². The van der Waals surface area contributed by atoms with E-state index in [1.54, 1.807) is 4.90 Å². The Morgan fingerprint density at radius 1 is 1.12 bits per heavy atom. The van der Waals surface area contributed by atoms with Gasteiger partial charge in [0.05, 0.1) is 11.9 Å². The number of rotatable bonds is 6. The number of hydrogen-bond acceptors (Lipinski definition) is 4. The molecule has 1 aliphatic heterocycles. The molecule has 1 amide bonds.